The molecule has 0 aliphatic heterocycles. The number of aromatic nitrogens is 4. The number of amides is 1. The third kappa shape index (κ3) is 3.35. The van der Waals surface area contributed by atoms with E-state index in [1.165, 1.54) is 27.8 Å². The summed E-state index contributed by atoms with van der Waals surface area (Å²) in [5, 5.41) is 7.11. The molecule has 0 bridgehead atoms. The molecule has 8 heteroatoms. The average Bonchev–Trinajstić information content (AvgIpc) is 2.98. The number of hydrogen-bond acceptors (Lipinski definition) is 4. The third-order valence-corrected chi connectivity index (χ3v) is 4.36. The van der Waals surface area contributed by atoms with E-state index in [1.807, 2.05) is 13.8 Å². The van der Waals surface area contributed by atoms with Gasteiger partial charge in [-0.25, -0.2) is 9.37 Å². The predicted molar refractivity (Wildman–Crippen MR) is 95.2 cm³/mol. The number of nitrogens with one attached hydrogen (secondary N) is 1. The van der Waals surface area contributed by atoms with Crippen molar-refractivity contribution in [1.82, 2.24) is 24.6 Å². The van der Waals surface area contributed by atoms with Gasteiger partial charge in [0.25, 0.3) is 5.56 Å². The summed E-state index contributed by atoms with van der Waals surface area (Å²) < 4.78 is 16.7. The molecule has 0 aliphatic rings. The van der Waals surface area contributed by atoms with Gasteiger partial charge in [-0.05, 0) is 11.6 Å². The summed E-state index contributed by atoms with van der Waals surface area (Å²) in [6, 6.07) is 6.48. The first-order valence-electron chi connectivity index (χ1n) is 8.18. The molecule has 0 atom stereocenters. The van der Waals surface area contributed by atoms with Crippen LogP contribution in [0.15, 0.2) is 41.6 Å². The van der Waals surface area contributed by atoms with Gasteiger partial charge in [-0.1, -0.05) is 32.0 Å². The number of fused-ring (bicyclic) bond motifs is 1. The molecule has 2 aromatic heterocycles. The highest BCUT2D eigenvalue weighted by atomic mass is 19.1. The lowest BCUT2D eigenvalue weighted by Gasteiger charge is -2.26. The highest BCUT2D eigenvalue weighted by Crippen LogP contribution is 2.24. The fourth-order valence-corrected chi connectivity index (χ4v) is 2.81. The Morgan fingerprint density at radius 3 is 2.77 bits per heavy atom. The van der Waals surface area contributed by atoms with Crippen LogP contribution in [0.4, 0.5) is 4.39 Å². The van der Waals surface area contributed by atoms with Crippen molar-refractivity contribution in [3.63, 3.8) is 0 Å². The quantitative estimate of drug-likeness (QED) is 0.748. The monoisotopic (exact) mass is 357 g/mol. The molecule has 0 saturated heterocycles. The van der Waals surface area contributed by atoms with Crippen molar-refractivity contribution >= 4 is 16.9 Å². The minimum atomic E-state index is -0.586. The Hall–Kier alpha value is -3.03. The van der Waals surface area contributed by atoms with Gasteiger partial charge in [-0.3, -0.25) is 18.8 Å². The molecule has 0 spiro atoms. The molecule has 0 radical (unpaired) electrons. The zero-order valence-corrected chi connectivity index (χ0v) is 14.9. The van der Waals surface area contributed by atoms with E-state index in [0.717, 1.165) is 0 Å². The normalized spacial score (nSPS) is 11.7. The summed E-state index contributed by atoms with van der Waals surface area (Å²) in [6.07, 6.45) is 2.76. The predicted octanol–water partition coefficient (Wildman–Crippen LogP) is 1.36. The Balaban J connectivity index is 1.71. The molecule has 1 amide bonds. The van der Waals surface area contributed by atoms with Crippen LogP contribution in [0, 0.1) is 5.82 Å². The van der Waals surface area contributed by atoms with E-state index in [9.17, 15) is 14.0 Å². The fourth-order valence-electron chi connectivity index (χ4n) is 2.81. The van der Waals surface area contributed by atoms with E-state index in [4.69, 9.17) is 0 Å². The van der Waals surface area contributed by atoms with Crippen LogP contribution >= 0.6 is 0 Å². The average molecular weight is 357 g/mol. The summed E-state index contributed by atoms with van der Waals surface area (Å²) in [5.74, 6) is -0.657. The number of benzene rings is 1. The number of rotatable bonds is 5. The number of halogens is 1. The fraction of sp³-hybridized carbons (Fsp3) is 0.333. The molecule has 0 saturated carbocycles. The second kappa shape index (κ2) is 6.70. The van der Waals surface area contributed by atoms with Crippen LogP contribution in [0.2, 0.25) is 0 Å². The summed E-state index contributed by atoms with van der Waals surface area (Å²) in [4.78, 5) is 28.8. The number of carbonyl (C=O) groups excluding carboxylic acids is 1. The molecular formula is C18H20FN5O2. The van der Waals surface area contributed by atoms with Crippen molar-refractivity contribution < 1.29 is 9.18 Å². The zero-order chi connectivity index (χ0) is 18.9. The van der Waals surface area contributed by atoms with Gasteiger partial charge in [0.05, 0.1) is 6.20 Å². The molecule has 1 aromatic carbocycles. The molecule has 0 fully saturated rings. The molecule has 26 heavy (non-hydrogen) atoms. The first-order chi connectivity index (χ1) is 12.3. The molecule has 3 aromatic rings. The third-order valence-electron chi connectivity index (χ3n) is 4.36. The van der Waals surface area contributed by atoms with Gasteiger partial charge >= 0.3 is 0 Å². The molecule has 136 valence electrons. The SMILES string of the molecule is Cn1ncc2c(=O)n(CC(=O)NCC(C)(C)c3ccccc3F)cnc21. The van der Waals surface area contributed by atoms with Gasteiger partial charge < -0.3 is 5.32 Å². The maximum Gasteiger partial charge on any atom is 0.264 e. The van der Waals surface area contributed by atoms with Crippen molar-refractivity contribution in [1.29, 1.82) is 0 Å². The largest absolute Gasteiger partial charge is 0.354 e. The van der Waals surface area contributed by atoms with E-state index < -0.39 is 5.41 Å². The van der Waals surface area contributed by atoms with Gasteiger partial charge in [0.2, 0.25) is 5.91 Å². The first-order valence-corrected chi connectivity index (χ1v) is 8.18. The highest BCUT2D eigenvalue weighted by molar-refractivity contribution is 5.77. The Morgan fingerprint density at radius 2 is 2.04 bits per heavy atom. The lowest BCUT2D eigenvalue weighted by atomic mass is 9.84. The molecule has 2 heterocycles. The van der Waals surface area contributed by atoms with E-state index in [1.54, 1.807) is 25.2 Å². The standard InChI is InChI=1S/C18H20FN5O2/c1-18(2,13-6-4-5-7-14(13)19)10-20-15(25)9-24-11-21-16-12(17(24)26)8-22-23(16)3/h4-8,11H,9-10H2,1-3H3,(H,20,25). The summed E-state index contributed by atoms with van der Waals surface area (Å²) >= 11 is 0. The topological polar surface area (TPSA) is 81.8 Å². The van der Waals surface area contributed by atoms with Crippen molar-refractivity contribution in [3.8, 4) is 0 Å². The smallest absolute Gasteiger partial charge is 0.264 e. The molecular weight excluding hydrogens is 337 g/mol. The Bertz CT molecular complexity index is 1020. The maximum atomic E-state index is 14.0. The summed E-state index contributed by atoms with van der Waals surface area (Å²) in [6.45, 7) is 3.77. The molecule has 7 nitrogen and oxygen atoms in total. The van der Waals surface area contributed by atoms with E-state index in [-0.39, 0.29) is 30.4 Å². The minimum absolute atomic E-state index is 0.163. The van der Waals surface area contributed by atoms with Crippen LogP contribution in [-0.2, 0) is 23.8 Å². The Labute approximate surface area is 149 Å². The minimum Gasteiger partial charge on any atom is -0.354 e. The number of nitrogens with zero attached hydrogens (tertiary/aromatic N) is 4. The lowest BCUT2D eigenvalue weighted by molar-refractivity contribution is -0.121. The van der Waals surface area contributed by atoms with Gasteiger partial charge in [-0.2, -0.15) is 5.10 Å². The second-order valence-electron chi connectivity index (χ2n) is 6.82. The Kier molecular flexibility index (Phi) is 4.58. The van der Waals surface area contributed by atoms with Crippen LogP contribution in [0.1, 0.15) is 19.4 Å². The molecule has 0 unspecified atom stereocenters. The zero-order valence-electron chi connectivity index (χ0n) is 14.9. The van der Waals surface area contributed by atoms with E-state index in [0.29, 0.717) is 16.6 Å². The highest BCUT2D eigenvalue weighted by Gasteiger charge is 2.24. The van der Waals surface area contributed by atoms with Gasteiger partial charge in [-0.15, -0.1) is 0 Å². The number of aryl methyl sites for hydroxylation is 1. The van der Waals surface area contributed by atoms with Crippen LogP contribution in [0.3, 0.4) is 0 Å². The summed E-state index contributed by atoms with van der Waals surface area (Å²) in [7, 11) is 1.69. The molecule has 1 N–H and O–H groups in total. The van der Waals surface area contributed by atoms with Gasteiger partial charge in [0, 0.05) is 19.0 Å². The number of carbonyl (C=O) groups is 1. The van der Waals surface area contributed by atoms with Crippen molar-refractivity contribution in [3.05, 3.63) is 58.5 Å². The lowest BCUT2D eigenvalue weighted by Crippen LogP contribution is -2.40. The summed E-state index contributed by atoms with van der Waals surface area (Å²) in [5.41, 5.74) is 0.0761. The van der Waals surface area contributed by atoms with E-state index in [2.05, 4.69) is 15.4 Å². The molecule has 3 rings (SSSR count). The van der Waals surface area contributed by atoms with Crippen LogP contribution in [0.25, 0.3) is 11.0 Å². The van der Waals surface area contributed by atoms with Crippen LogP contribution < -0.4 is 10.9 Å². The van der Waals surface area contributed by atoms with Crippen molar-refractivity contribution in [2.24, 2.45) is 7.05 Å². The van der Waals surface area contributed by atoms with Crippen molar-refractivity contribution in [2.75, 3.05) is 6.54 Å². The van der Waals surface area contributed by atoms with Crippen molar-refractivity contribution in [2.45, 2.75) is 25.8 Å². The van der Waals surface area contributed by atoms with Gasteiger partial charge in [0.1, 0.15) is 24.1 Å². The maximum absolute atomic E-state index is 14.0. The van der Waals surface area contributed by atoms with Crippen LogP contribution in [-0.4, -0.2) is 31.8 Å². The van der Waals surface area contributed by atoms with E-state index >= 15 is 0 Å². The number of hydrogen-bond donors (Lipinski definition) is 1. The first kappa shape index (κ1) is 17.8. The Morgan fingerprint density at radius 1 is 1.31 bits per heavy atom. The second-order valence-corrected chi connectivity index (χ2v) is 6.82. The van der Waals surface area contributed by atoms with Crippen LogP contribution in [0.5, 0.6) is 0 Å². The van der Waals surface area contributed by atoms with Gasteiger partial charge in [0.15, 0.2) is 5.65 Å². The molecule has 0 aliphatic carbocycles.